The monoisotopic (exact) mass is 226 g/mol. The maximum atomic E-state index is 11.4. The average Bonchev–Trinajstić information content (AvgIpc) is 2.21. The van der Waals surface area contributed by atoms with Crippen LogP contribution in [0.3, 0.4) is 0 Å². The molecule has 16 heavy (non-hydrogen) atoms. The van der Waals surface area contributed by atoms with E-state index < -0.39 is 5.97 Å². The van der Waals surface area contributed by atoms with Gasteiger partial charge in [-0.2, -0.15) is 0 Å². The molecule has 1 fully saturated rings. The summed E-state index contributed by atoms with van der Waals surface area (Å²) >= 11 is 0. The van der Waals surface area contributed by atoms with E-state index in [0.717, 1.165) is 0 Å². The molecule has 0 bridgehead atoms. The van der Waals surface area contributed by atoms with Gasteiger partial charge in [0.05, 0.1) is 0 Å². The van der Waals surface area contributed by atoms with E-state index in [1.165, 1.54) is 0 Å². The molecule has 0 unspecified atom stereocenters. The van der Waals surface area contributed by atoms with E-state index in [2.05, 4.69) is 0 Å². The van der Waals surface area contributed by atoms with Crippen LogP contribution in [0, 0.1) is 5.92 Å². The third-order valence-electron chi connectivity index (χ3n) is 2.75. The highest BCUT2D eigenvalue weighted by molar-refractivity contribution is 5.96. The molecular formula is C12H18O4. The molecule has 1 aliphatic carbocycles. The molecular weight excluding hydrogens is 208 g/mol. The summed E-state index contributed by atoms with van der Waals surface area (Å²) < 4.78 is 5.15. The second-order valence-corrected chi connectivity index (χ2v) is 4.53. The Bertz CT molecular complexity index is 283. The van der Waals surface area contributed by atoms with Gasteiger partial charge in [-0.05, 0) is 12.8 Å². The van der Waals surface area contributed by atoms with Crippen LogP contribution in [0.15, 0.2) is 0 Å². The summed E-state index contributed by atoms with van der Waals surface area (Å²) in [5.41, 5.74) is 0. The Kier molecular flexibility index (Phi) is 4.65. The summed E-state index contributed by atoms with van der Waals surface area (Å²) in [4.78, 5) is 33.6. The summed E-state index contributed by atoms with van der Waals surface area (Å²) in [5.74, 6) is -0.471. The molecule has 0 aromatic rings. The van der Waals surface area contributed by atoms with E-state index in [9.17, 15) is 14.4 Å². The summed E-state index contributed by atoms with van der Waals surface area (Å²) in [5, 5.41) is 0. The van der Waals surface area contributed by atoms with Gasteiger partial charge in [-0.1, -0.05) is 13.8 Å². The summed E-state index contributed by atoms with van der Waals surface area (Å²) in [6.07, 6.45) is 1.83. The van der Waals surface area contributed by atoms with Gasteiger partial charge in [-0.15, -0.1) is 0 Å². The largest absolute Gasteiger partial charge is 0.462 e. The first-order valence-electron chi connectivity index (χ1n) is 5.73. The third kappa shape index (κ3) is 4.13. The maximum absolute atomic E-state index is 11.4. The fourth-order valence-electron chi connectivity index (χ4n) is 1.61. The molecule has 0 amide bonds. The summed E-state index contributed by atoms with van der Waals surface area (Å²) in [7, 11) is 0. The Hall–Kier alpha value is -1.19. The summed E-state index contributed by atoms with van der Waals surface area (Å²) in [6.45, 7) is 3.52. The van der Waals surface area contributed by atoms with Crippen molar-refractivity contribution in [2.24, 2.45) is 5.92 Å². The normalized spacial score (nSPS) is 17.6. The van der Waals surface area contributed by atoms with Crippen LogP contribution >= 0.6 is 0 Å². The minimum atomic E-state index is -0.460. The molecule has 0 aromatic heterocycles. The molecule has 0 saturated heterocycles. The lowest BCUT2D eigenvalue weighted by Crippen LogP contribution is -2.26. The van der Waals surface area contributed by atoms with Gasteiger partial charge in [0, 0.05) is 18.8 Å². The molecule has 1 saturated carbocycles. The molecule has 0 spiro atoms. The van der Waals surface area contributed by atoms with Crippen molar-refractivity contribution < 1.29 is 19.1 Å². The predicted octanol–water partition coefficient (Wildman–Crippen LogP) is 1.66. The van der Waals surface area contributed by atoms with E-state index in [-0.39, 0.29) is 30.0 Å². The Morgan fingerprint density at radius 3 is 2.38 bits per heavy atom. The van der Waals surface area contributed by atoms with Crippen molar-refractivity contribution in [3.05, 3.63) is 0 Å². The van der Waals surface area contributed by atoms with Crippen molar-refractivity contribution in [1.82, 2.24) is 0 Å². The highest BCUT2D eigenvalue weighted by Crippen LogP contribution is 2.18. The van der Waals surface area contributed by atoms with Gasteiger partial charge in [0.1, 0.15) is 24.1 Å². The van der Waals surface area contributed by atoms with Crippen LogP contribution < -0.4 is 0 Å². The molecule has 0 aromatic carbocycles. The Labute approximate surface area is 95.3 Å². The number of Topliss-reactive ketones (excluding diaryl/α,β-unsaturated/α-hetero) is 2. The van der Waals surface area contributed by atoms with E-state index in [4.69, 9.17) is 4.74 Å². The topological polar surface area (TPSA) is 60.4 Å². The molecule has 4 nitrogen and oxygen atoms in total. The number of carbonyl (C=O) groups is 3. The van der Waals surface area contributed by atoms with E-state index in [1.54, 1.807) is 13.8 Å². The van der Waals surface area contributed by atoms with Crippen molar-refractivity contribution >= 4 is 17.5 Å². The Morgan fingerprint density at radius 1 is 1.31 bits per heavy atom. The van der Waals surface area contributed by atoms with Crippen LogP contribution in [0.4, 0.5) is 0 Å². The fourth-order valence-corrected chi connectivity index (χ4v) is 1.61. The van der Waals surface area contributed by atoms with Crippen molar-refractivity contribution in [1.29, 1.82) is 0 Å². The van der Waals surface area contributed by atoms with Gasteiger partial charge in [0.25, 0.3) is 0 Å². The van der Waals surface area contributed by atoms with Gasteiger partial charge < -0.3 is 4.74 Å². The van der Waals surface area contributed by atoms with Crippen molar-refractivity contribution in [3.8, 4) is 0 Å². The van der Waals surface area contributed by atoms with Gasteiger partial charge in [-0.25, -0.2) is 0 Å². The fraction of sp³-hybridized carbons (Fsp3) is 0.750. The molecule has 0 atom stereocenters. The molecule has 1 aliphatic rings. The molecule has 0 aliphatic heterocycles. The van der Waals surface area contributed by atoms with Crippen molar-refractivity contribution in [3.63, 3.8) is 0 Å². The third-order valence-corrected chi connectivity index (χ3v) is 2.75. The molecule has 90 valence electrons. The smallest absolute Gasteiger partial charge is 0.313 e. The van der Waals surface area contributed by atoms with Crippen LogP contribution in [-0.2, 0) is 19.1 Å². The zero-order valence-corrected chi connectivity index (χ0v) is 9.82. The highest BCUT2D eigenvalue weighted by atomic mass is 16.5. The Morgan fingerprint density at radius 2 is 1.88 bits per heavy atom. The first kappa shape index (κ1) is 12.9. The highest BCUT2D eigenvalue weighted by Gasteiger charge is 2.23. The number of hydrogen-bond acceptors (Lipinski definition) is 4. The number of esters is 1. The lowest BCUT2D eigenvalue weighted by molar-refractivity contribution is -0.154. The minimum Gasteiger partial charge on any atom is -0.462 e. The Balaban J connectivity index is 2.29. The number of rotatable bonds is 4. The minimum absolute atomic E-state index is 0.100. The second-order valence-electron chi connectivity index (χ2n) is 4.53. The van der Waals surface area contributed by atoms with Gasteiger partial charge in [0.2, 0.25) is 0 Å². The maximum Gasteiger partial charge on any atom is 0.313 e. The average molecular weight is 226 g/mol. The van der Waals surface area contributed by atoms with Crippen LogP contribution in [0.2, 0.25) is 0 Å². The number of carbonyl (C=O) groups excluding carboxylic acids is 3. The molecule has 1 rings (SSSR count). The van der Waals surface area contributed by atoms with Gasteiger partial charge in [-0.3, -0.25) is 14.4 Å². The lowest BCUT2D eigenvalue weighted by atomic mass is 9.96. The SMILES string of the molecule is CC(C)C(=O)CC(=O)OC1CCC(=O)CC1. The van der Waals surface area contributed by atoms with E-state index >= 15 is 0 Å². The van der Waals surface area contributed by atoms with Crippen molar-refractivity contribution in [2.45, 2.75) is 52.1 Å². The number of hydrogen-bond donors (Lipinski definition) is 0. The van der Waals surface area contributed by atoms with Crippen LogP contribution in [0.5, 0.6) is 0 Å². The standard InChI is InChI=1S/C12H18O4/c1-8(2)11(14)7-12(15)16-10-5-3-9(13)4-6-10/h8,10H,3-7H2,1-2H3. The predicted molar refractivity (Wildman–Crippen MR) is 57.8 cm³/mol. The first-order chi connectivity index (χ1) is 7.49. The lowest BCUT2D eigenvalue weighted by Gasteiger charge is -2.21. The second kappa shape index (κ2) is 5.77. The zero-order chi connectivity index (χ0) is 12.1. The quantitative estimate of drug-likeness (QED) is 0.540. The van der Waals surface area contributed by atoms with Crippen molar-refractivity contribution in [2.75, 3.05) is 0 Å². The molecule has 0 heterocycles. The van der Waals surface area contributed by atoms with Gasteiger partial charge >= 0.3 is 5.97 Å². The van der Waals surface area contributed by atoms with E-state index in [0.29, 0.717) is 25.7 Å². The number of ketones is 2. The number of ether oxygens (including phenoxy) is 1. The van der Waals surface area contributed by atoms with Crippen LogP contribution in [-0.4, -0.2) is 23.6 Å². The van der Waals surface area contributed by atoms with E-state index in [1.807, 2.05) is 0 Å². The molecule has 0 radical (unpaired) electrons. The first-order valence-corrected chi connectivity index (χ1v) is 5.73. The van der Waals surface area contributed by atoms with Crippen LogP contribution in [0.1, 0.15) is 46.0 Å². The van der Waals surface area contributed by atoms with Gasteiger partial charge in [0.15, 0.2) is 0 Å². The molecule has 4 heteroatoms. The molecule has 0 N–H and O–H groups in total. The summed E-state index contributed by atoms with van der Waals surface area (Å²) in [6, 6.07) is 0. The zero-order valence-electron chi connectivity index (χ0n) is 9.82. The van der Waals surface area contributed by atoms with Crippen LogP contribution in [0.25, 0.3) is 0 Å².